The number of aryl methyl sites for hydroxylation is 1. The molecule has 1 aromatic rings. The van der Waals surface area contributed by atoms with Crippen molar-refractivity contribution >= 4 is 11.3 Å². The first-order valence-electron chi connectivity index (χ1n) is 4.78. The van der Waals surface area contributed by atoms with E-state index in [1.807, 2.05) is 12.3 Å². The predicted octanol–water partition coefficient (Wildman–Crippen LogP) is 3.23. The monoisotopic (exact) mass is 230 g/mol. The summed E-state index contributed by atoms with van der Waals surface area (Å²) in [4.78, 5) is 0.979. The Morgan fingerprint density at radius 3 is 2.53 bits per heavy atom. The van der Waals surface area contributed by atoms with Gasteiger partial charge in [-0.25, -0.2) is 8.78 Å². The maximum Gasteiger partial charge on any atom is 0.266 e. The largest absolute Gasteiger partial charge is 0.381 e. The maximum atomic E-state index is 12.9. The second-order valence-electron chi connectivity index (χ2n) is 3.91. The summed E-state index contributed by atoms with van der Waals surface area (Å²) in [6.45, 7) is 1.89. The topological polar surface area (TPSA) is 20.2 Å². The summed E-state index contributed by atoms with van der Waals surface area (Å²) in [5, 5.41) is 12.1. The summed E-state index contributed by atoms with van der Waals surface area (Å²) in [6.07, 6.45) is 1.82. The second-order valence-corrected chi connectivity index (χ2v) is 5.03. The molecular weight excluding hydrogens is 218 g/mol. The fourth-order valence-corrected chi connectivity index (χ4v) is 2.62. The summed E-state index contributed by atoms with van der Waals surface area (Å²) in [7, 11) is 0. The molecule has 1 N–H and O–H groups in total. The molecule has 2 rings (SSSR count). The van der Waals surface area contributed by atoms with Crippen LogP contribution in [0.15, 0.2) is 23.6 Å². The molecule has 0 saturated heterocycles. The quantitative estimate of drug-likeness (QED) is 0.734. The molecule has 0 fully saturated rings. The van der Waals surface area contributed by atoms with Crippen molar-refractivity contribution in [3.8, 4) is 0 Å². The average molecular weight is 230 g/mol. The zero-order valence-corrected chi connectivity index (χ0v) is 9.15. The van der Waals surface area contributed by atoms with Gasteiger partial charge in [-0.1, -0.05) is 0 Å². The molecule has 1 aliphatic rings. The third-order valence-corrected chi connectivity index (χ3v) is 3.61. The van der Waals surface area contributed by atoms with Crippen molar-refractivity contribution in [3.05, 3.63) is 34.0 Å². The lowest BCUT2D eigenvalue weighted by Gasteiger charge is -2.31. The number of halogens is 2. The van der Waals surface area contributed by atoms with Gasteiger partial charge in [-0.2, -0.15) is 0 Å². The molecule has 0 aromatic carbocycles. The van der Waals surface area contributed by atoms with Gasteiger partial charge in [-0.3, -0.25) is 0 Å². The van der Waals surface area contributed by atoms with Crippen LogP contribution in [0.1, 0.15) is 23.3 Å². The minimum absolute atomic E-state index is 0.0775. The van der Waals surface area contributed by atoms with Crippen molar-refractivity contribution in [2.45, 2.75) is 31.3 Å². The summed E-state index contributed by atoms with van der Waals surface area (Å²) in [5.41, 5.74) is -0.453. The van der Waals surface area contributed by atoms with E-state index in [1.54, 1.807) is 6.07 Å². The lowest BCUT2D eigenvalue weighted by molar-refractivity contribution is -0.0137. The first-order valence-corrected chi connectivity index (χ1v) is 5.66. The number of alkyl halides is 2. The van der Waals surface area contributed by atoms with Crippen LogP contribution >= 0.6 is 11.3 Å². The van der Waals surface area contributed by atoms with Crippen LogP contribution in [0, 0.1) is 6.92 Å². The lowest BCUT2D eigenvalue weighted by atomic mass is 9.84. The Hall–Kier alpha value is -0.740. The van der Waals surface area contributed by atoms with Crippen LogP contribution in [0.3, 0.4) is 0 Å². The highest BCUT2D eigenvalue weighted by Crippen LogP contribution is 2.40. The third kappa shape index (κ3) is 1.96. The molecule has 0 saturated carbocycles. The van der Waals surface area contributed by atoms with Crippen molar-refractivity contribution < 1.29 is 13.9 Å². The Bertz CT molecular complexity index is 397. The molecule has 4 heteroatoms. The number of rotatable bonds is 1. The molecule has 0 aliphatic heterocycles. The third-order valence-electron chi connectivity index (χ3n) is 2.77. The van der Waals surface area contributed by atoms with Crippen molar-refractivity contribution in [2.75, 3.05) is 0 Å². The van der Waals surface area contributed by atoms with E-state index < -0.39 is 11.5 Å². The molecule has 1 aliphatic carbocycles. The smallest absolute Gasteiger partial charge is 0.266 e. The van der Waals surface area contributed by atoms with Crippen molar-refractivity contribution in [1.82, 2.24) is 0 Å². The highest BCUT2D eigenvalue weighted by molar-refractivity contribution is 7.10. The van der Waals surface area contributed by atoms with Gasteiger partial charge >= 0.3 is 0 Å². The van der Waals surface area contributed by atoms with Gasteiger partial charge in [0.05, 0.1) is 0 Å². The van der Waals surface area contributed by atoms with Crippen LogP contribution < -0.4 is 0 Å². The van der Waals surface area contributed by atoms with Crippen molar-refractivity contribution in [3.63, 3.8) is 0 Å². The lowest BCUT2D eigenvalue weighted by Crippen LogP contribution is -2.31. The van der Waals surface area contributed by atoms with E-state index >= 15 is 0 Å². The number of allylic oxidation sites excluding steroid dienone is 1. The normalized spacial score (nSPS) is 29.3. The van der Waals surface area contributed by atoms with E-state index in [4.69, 9.17) is 0 Å². The van der Waals surface area contributed by atoms with E-state index in [9.17, 15) is 13.9 Å². The van der Waals surface area contributed by atoms with E-state index in [1.165, 1.54) is 17.4 Å². The summed E-state index contributed by atoms with van der Waals surface area (Å²) in [6, 6.07) is 1.80. The van der Waals surface area contributed by atoms with Gasteiger partial charge in [0.15, 0.2) is 0 Å². The van der Waals surface area contributed by atoms with Gasteiger partial charge < -0.3 is 5.11 Å². The van der Waals surface area contributed by atoms with Crippen LogP contribution in [0.25, 0.3) is 0 Å². The molecule has 0 amide bonds. The molecule has 1 unspecified atom stereocenters. The highest BCUT2D eigenvalue weighted by atomic mass is 32.1. The molecule has 0 bridgehead atoms. The molecule has 1 nitrogen and oxygen atoms in total. The second kappa shape index (κ2) is 3.39. The average Bonchev–Trinajstić information content (AvgIpc) is 2.58. The predicted molar refractivity (Wildman–Crippen MR) is 56.3 cm³/mol. The van der Waals surface area contributed by atoms with E-state index in [0.29, 0.717) is 0 Å². The number of hydrogen-bond donors (Lipinski definition) is 1. The van der Waals surface area contributed by atoms with Crippen LogP contribution in [0.2, 0.25) is 0 Å². The van der Waals surface area contributed by atoms with Crippen LogP contribution in [0.4, 0.5) is 8.78 Å². The molecule has 0 spiro atoms. The number of aliphatic hydroxyl groups is 1. The van der Waals surface area contributed by atoms with Gasteiger partial charge in [0.1, 0.15) is 5.60 Å². The van der Waals surface area contributed by atoms with Gasteiger partial charge in [0, 0.05) is 16.9 Å². The van der Waals surface area contributed by atoms with E-state index in [0.717, 1.165) is 16.5 Å². The first kappa shape index (κ1) is 10.8. The minimum Gasteiger partial charge on any atom is -0.381 e. The van der Waals surface area contributed by atoms with E-state index in [2.05, 4.69) is 0 Å². The van der Waals surface area contributed by atoms with Crippen LogP contribution in [0.5, 0.6) is 0 Å². The zero-order valence-electron chi connectivity index (χ0n) is 8.34. The molecule has 1 atom stereocenters. The van der Waals surface area contributed by atoms with Crippen LogP contribution in [-0.2, 0) is 5.60 Å². The van der Waals surface area contributed by atoms with Gasteiger partial charge in [-0.05, 0) is 36.9 Å². The molecule has 82 valence electrons. The zero-order chi connectivity index (χ0) is 11.1. The molecule has 1 aromatic heterocycles. The summed E-state index contributed by atoms with van der Waals surface area (Å²) < 4.78 is 25.8. The van der Waals surface area contributed by atoms with Crippen molar-refractivity contribution in [2.24, 2.45) is 0 Å². The van der Waals surface area contributed by atoms with Gasteiger partial charge in [0.2, 0.25) is 0 Å². The summed E-state index contributed by atoms with van der Waals surface area (Å²) in [5.74, 6) is -2.77. The van der Waals surface area contributed by atoms with Crippen LogP contribution in [-0.4, -0.2) is 11.0 Å². The SMILES string of the molecule is Cc1sccc1C1(O)C=CC(F)(F)CC1. The Morgan fingerprint density at radius 2 is 2.07 bits per heavy atom. The molecule has 15 heavy (non-hydrogen) atoms. The Morgan fingerprint density at radius 1 is 1.33 bits per heavy atom. The van der Waals surface area contributed by atoms with E-state index in [-0.39, 0.29) is 12.8 Å². The fraction of sp³-hybridized carbons (Fsp3) is 0.455. The van der Waals surface area contributed by atoms with Gasteiger partial charge in [-0.15, -0.1) is 11.3 Å². The standard InChI is InChI=1S/C11H12F2OS/c1-8-9(2-7-15-8)10(14)3-5-11(12,13)6-4-10/h2-3,5,7,14H,4,6H2,1H3. The molecular formula is C11H12F2OS. The Balaban J connectivity index is 2.35. The summed E-state index contributed by atoms with van der Waals surface area (Å²) >= 11 is 1.52. The Kier molecular flexibility index (Phi) is 2.43. The Labute approximate surface area is 91.1 Å². The minimum atomic E-state index is -2.77. The first-order chi connectivity index (χ1) is 6.93. The van der Waals surface area contributed by atoms with Gasteiger partial charge in [0.25, 0.3) is 5.92 Å². The fourth-order valence-electron chi connectivity index (χ4n) is 1.84. The highest BCUT2D eigenvalue weighted by Gasteiger charge is 2.39. The molecule has 0 radical (unpaired) electrons. The number of hydrogen-bond acceptors (Lipinski definition) is 2. The maximum absolute atomic E-state index is 12.9. The molecule has 1 heterocycles. The van der Waals surface area contributed by atoms with Crippen molar-refractivity contribution in [1.29, 1.82) is 0 Å². The number of thiophene rings is 1.